The topological polar surface area (TPSA) is 103 Å². The van der Waals surface area contributed by atoms with Gasteiger partial charge in [-0.2, -0.15) is 0 Å². The largest absolute Gasteiger partial charge is 0.465 e. The number of carbonyl (C=O) groups excluding carboxylic acids is 1. The van der Waals surface area contributed by atoms with Gasteiger partial charge in [0, 0.05) is 37.7 Å². The number of fused-ring (bicyclic) bond motifs is 1. The van der Waals surface area contributed by atoms with Crippen molar-refractivity contribution >= 4 is 11.8 Å². The van der Waals surface area contributed by atoms with Gasteiger partial charge in [-0.3, -0.25) is 19.2 Å². The van der Waals surface area contributed by atoms with Gasteiger partial charge in [0.25, 0.3) is 0 Å². The molecule has 138 valence electrons. The third-order valence-corrected chi connectivity index (χ3v) is 4.44. The molecule has 1 aromatic rings. The third kappa shape index (κ3) is 4.07. The molecule has 10 heteroatoms. The van der Waals surface area contributed by atoms with E-state index in [1.165, 1.54) is 6.20 Å². The minimum Gasteiger partial charge on any atom is -0.465 e. The Morgan fingerprint density at radius 2 is 2.08 bits per heavy atom. The van der Waals surface area contributed by atoms with Crippen LogP contribution in [0.2, 0.25) is 0 Å². The van der Waals surface area contributed by atoms with Crippen LogP contribution in [0.1, 0.15) is 13.8 Å². The molecule has 1 saturated heterocycles. The molecule has 3 rings (SSSR count). The highest BCUT2D eigenvalue weighted by molar-refractivity contribution is 5.71. The van der Waals surface area contributed by atoms with Crippen LogP contribution < -0.4 is 4.74 Å². The van der Waals surface area contributed by atoms with Crippen molar-refractivity contribution in [3.05, 3.63) is 16.3 Å². The summed E-state index contributed by atoms with van der Waals surface area (Å²) in [6.07, 6.45) is 1.41. The summed E-state index contributed by atoms with van der Waals surface area (Å²) in [5, 5.41) is 10.8. The molecular formula is C15H23N5O5. The van der Waals surface area contributed by atoms with Gasteiger partial charge in [0.1, 0.15) is 11.8 Å². The van der Waals surface area contributed by atoms with Gasteiger partial charge in [0.2, 0.25) is 0 Å². The molecule has 1 atom stereocenters. The van der Waals surface area contributed by atoms with Crippen LogP contribution in [0.4, 0.5) is 5.82 Å². The summed E-state index contributed by atoms with van der Waals surface area (Å²) >= 11 is 0. The highest BCUT2D eigenvalue weighted by Crippen LogP contribution is 2.31. The Bertz CT molecular complexity index is 629. The monoisotopic (exact) mass is 353 g/mol. The van der Waals surface area contributed by atoms with E-state index in [1.807, 2.05) is 6.92 Å². The highest BCUT2D eigenvalue weighted by Gasteiger charge is 2.41. The van der Waals surface area contributed by atoms with E-state index in [0.29, 0.717) is 32.3 Å². The zero-order valence-corrected chi connectivity index (χ0v) is 14.5. The van der Waals surface area contributed by atoms with E-state index >= 15 is 0 Å². The lowest BCUT2D eigenvalue weighted by Crippen LogP contribution is -2.53. The molecule has 0 saturated carbocycles. The summed E-state index contributed by atoms with van der Waals surface area (Å²) in [6.45, 7) is 9.02. The van der Waals surface area contributed by atoms with Crippen LogP contribution in [-0.4, -0.2) is 81.7 Å². The minimum absolute atomic E-state index is 0.186. The van der Waals surface area contributed by atoms with E-state index in [-0.39, 0.29) is 11.8 Å². The van der Waals surface area contributed by atoms with Crippen molar-refractivity contribution < 1.29 is 19.2 Å². The molecule has 2 aliphatic heterocycles. The number of nitrogens with zero attached hydrogens (tertiary/aromatic N) is 5. The summed E-state index contributed by atoms with van der Waals surface area (Å²) in [5.74, 6) is -0.376. The van der Waals surface area contributed by atoms with E-state index in [9.17, 15) is 14.9 Å². The molecule has 0 N–H and O–H groups in total. The first-order valence-corrected chi connectivity index (χ1v) is 8.39. The third-order valence-electron chi connectivity index (χ3n) is 4.44. The second-order valence-electron chi connectivity index (χ2n) is 6.68. The van der Waals surface area contributed by atoms with Crippen LogP contribution in [0.5, 0.6) is 6.01 Å². The van der Waals surface area contributed by atoms with Gasteiger partial charge in [-0.15, -0.1) is 0 Å². The van der Waals surface area contributed by atoms with Crippen LogP contribution in [0, 0.1) is 10.1 Å². The van der Waals surface area contributed by atoms with E-state index in [0.717, 1.165) is 26.2 Å². The number of carbonyl (C=O) groups is 1. The fourth-order valence-corrected chi connectivity index (χ4v) is 3.33. The number of ether oxygens (including phenoxy) is 2. The predicted molar refractivity (Wildman–Crippen MR) is 87.4 cm³/mol. The smallest absolute Gasteiger partial charge is 0.415 e. The van der Waals surface area contributed by atoms with Gasteiger partial charge in [0.15, 0.2) is 0 Å². The van der Waals surface area contributed by atoms with Crippen molar-refractivity contribution in [2.24, 2.45) is 0 Å². The highest BCUT2D eigenvalue weighted by atomic mass is 16.6. The number of nitro groups is 1. The fraction of sp³-hybridized carbons (Fsp3) is 0.733. The molecule has 25 heavy (non-hydrogen) atoms. The average molecular weight is 353 g/mol. The maximum Gasteiger partial charge on any atom is 0.415 e. The van der Waals surface area contributed by atoms with E-state index in [1.54, 1.807) is 11.5 Å². The second kappa shape index (κ2) is 6.96. The number of hydrogen-bond donors (Lipinski definition) is 0. The fourth-order valence-electron chi connectivity index (χ4n) is 3.33. The Morgan fingerprint density at radius 3 is 2.68 bits per heavy atom. The van der Waals surface area contributed by atoms with Gasteiger partial charge < -0.3 is 19.6 Å². The standard InChI is InChI=1S/C15H23N5O5/c1-3-24-13(21)9-17-4-6-18(7-5-17)10-15(2)11-19-8-12(20(22)23)16-14(19)25-15/h8H,3-7,9-11H2,1-2H3. The van der Waals surface area contributed by atoms with Crippen LogP contribution in [-0.2, 0) is 16.1 Å². The number of aromatic nitrogens is 2. The molecule has 1 aromatic heterocycles. The lowest BCUT2D eigenvalue weighted by Gasteiger charge is -2.37. The first kappa shape index (κ1) is 17.6. The van der Waals surface area contributed by atoms with Gasteiger partial charge in [-0.1, -0.05) is 0 Å². The molecule has 0 aliphatic carbocycles. The zero-order valence-electron chi connectivity index (χ0n) is 14.5. The molecule has 1 unspecified atom stereocenters. The molecule has 0 bridgehead atoms. The number of hydrogen-bond acceptors (Lipinski definition) is 8. The quantitative estimate of drug-likeness (QED) is 0.404. The first-order chi connectivity index (χ1) is 11.9. The van der Waals surface area contributed by atoms with Gasteiger partial charge in [-0.05, 0) is 18.8 Å². The Labute approximate surface area is 145 Å². The predicted octanol–water partition coefficient (Wildman–Crippen LogP) is 0.123. The summed E-state index contributed by atoms with van der Waals surface area (Å²) < 4.78 is 12.5. The second-order valence-corrected chi connectivity index (χ2v) is 6.68. The van der Waals surface area contributed by atoms with Crippen molar-refractivity contribution in [2.45, 2.75) is 26.0 Å². The van der Waals surface area contributed by atoms with Gasteiger partial charge in [-0.25, -0.2) is 0 Å². The first-order valence-electron chi connectivity index (χ1n) is 8.39. The summed E-state index contributed by atoms with van der Waals surface area (Å²) in [4.78, 5) is 30.1. The molecule has 10 nitrogen and oxygen atoms in total. The normalized spacial score (nSPS) is 23.9. The van der Waals surface area contributed by atoms with Crippen LogP contribution in [0.25, 0.3) is 0 Å². The number of piperazine rings is 1. The van der Waals surface area contributed by atoms with Crippen molar-refractivity contribution in [1.82, 2.24) is 19.4 Å². The van der Waals surface area contributed by atoms with Crippen LogP contribution in [0.15, 0.2) is 6.20 Å². The summed E-state index contributed by atoms with van der Waals surface area (Å²) in [7, 11) is 0. The Hall–Kier alpha value is -2.20. The molecule has 3 heterocycles. The van der Waals surface area contributed by atoms with E-state index in [2.05, 4.69) is 14.8 Å². The van der Waals surface area contributed by atoms with Crippen molar-refractivity contribution in [3.8, 4) is 6.01 Å². The van der Waals surface area contributed by atoms with Crippen molar-refractivity contribution in [2.75, 3.05) is 45.9 Å². The van der Waals surface area contributed by atoms with Crippen molar-refractivity contribution in [3.63, 3.8) is 0 Å². The van der Waals surface area contributed by atoms with Gasteiger partial charge in [0.05, 0.1) is 19.7 Å². The maximum absolute atomic E-state index is 11.5. The van der Waals surface area contributed by atoms with Crippen LogP contribution in [0.3, 0.4) is 0 Å². The lowest BCUT2D eigenvalue weighted by atomic mass is 10.1. The Balaban J connectivity index is 1.48. The maximum atomic E-state index is 11.5. The lowest BCUT2D eigenvalue weighted by molar-refractivity contribution is -0.389. The summed E-state index contributed by atoms with van der Waals surface area (Å²) in [5.41, 5.74) is -0.458. The van der Waals surface area contributed by atoms with E-state index in [4.69, 9.17) is 9.47 Å². The molecule has 0 aromatic carbocycles. The SMILES string of the molecule is CCOC(=O)CN1CCN(CC2(C)Cn3cc([N+](=O)[O-])nc3O2)CC1. The van der Waals surface area contributed by atoms with Crippen LogP contribution >= 0.6 is 0 Å². The van der Waals surface area contributed by atoms with Gasteiger partial charge >= 0.3 is 17.8 Å². The Morgan fingerprint density at radius 1 is 1.40 bits per heavy atom. The average Bonchev–Trinajstić information content (AvgIpc) is 3.04. The number of esters is 1. The molecule has 0 spiro atoms. The van der Waals surface area contributed by atoms with E-state index < -0.39 is 10.5 Å². The van der Waals surface area contributed by atoms with Crippen molar-refractivity contribution in [1.29, 1.82) is 0 Å². The molecule has 0 radical (unpaired) electrons. The summed E-state index contributed by atoms with van der Waals surface area (Å²) in [6, 6.07) is 0.301. The molecule has 2 aliphatic rings. The molecule has 1 fully saturated rings. The molecule has 0 amide bonds. The molecular weight excluding hydrogens is 330 g/mol. The number of imidazole rings is 1. The minimum atomic E-state index is -0.519. The zero-order chi connectivity index (χ0) is 18.0. The Kier molecular flexibility index (Phi) is 4.91. The number of rotatable bonds is 6.